The highest BCUT2D eigenvalue weighted by molar-refractivity contribution is 5.75. The third-order valence-electron chi connectivity index (χ3n) is 3.91. The molecule has 0 spiro atoms. The van der Waals surface area contributed by atoms with Crippen molar-refractivity contribution < 1.29 is 9.59 Å². The summed E-state index contributed by atoms with van der Waals surface area (Å²) >= 11 is 0. The second-order valence-electron chi connectivity index (χ2n) is 5.28. The van der Waals surface area contributed by atoms with E-state index in [0.717, 1.165) is 32.4 Å². The number of carbonyl (C=O) groups excluding carboxylic acids is 2. The van der Waals surface area contributed by atoms with Crippen LogP contribution < -0.4 is 5.32 Å². The first-order valence-corrected chi connectivity index (χ1v) is 6.98. The molecule has 18 heavy (non-hydrogen) atoms. The van der Waals surface area contributed by atoms with Crippen LogP contribution in [0.25, 0.3) is 0 Å². The zero-order chi connectivity index (χ0) is 13.0. The molecular formula is C13H23N3O2. The Bertz CT molecular complexity index is 313. The Morgan fingerprint density at radius 2 is 1.56 bits per heavy atom. The van der Waals surface area contributed by atoms with E-state index in [1.165, 1.54) is 12.8 Å². The lowest BCUT2D eigenvalue weighted by Crippen LogP contribution is -2.45. The molecule has 1 aliphatic heterocycles. The lowest BCUT2D eigenvalue weighted by Gasteiger charge is -2.23. The molecule has 0 aromatic rings. The molecule has 5 nitrogen and oxygen atoms in total. The molecule has 0 aromatic heterocycles. The van der Waals surface area contributed by atoms with Crippen LogP contribution in [-0.4, -0.2) is 54.0 Å². The maximum Gasteiger partial charge on any atom is 0.317 e. The molecule has 2 fully saturated rings. The van der Waals surface area contributed by atoms with Crippen molar-refractivity contribution in [1.82, 2.24) is 15.1 Å². The van der Waals surface area contributed by atoms with Gasteiger partial charge >= 0.3 is 6.03 Å². The Labute approximate surface area is 108 Å². The number of rotatable bonds is 1. The van der Waals surface area contributed by atoms with E-state index in [9.17, 15) is 9.59 Å². The molecule has 1 saturated carbocycles. The van der Waals surface area contributed by atoms with Gasteiger partial charge in [-0.3, -0.25) is 4.79 Å². The van der Waals surface area contributed by atoms with Gasteiger partial charge in [-0.1, -0.05) is 12.8 Å². The molecule has 0 unspecified atom stereocenters. The van der Waals surface area contributed by atoms with E-state index in [1.807, 2.05) is 9.80 Å². The van der Waals surface area contributed by atoms with Crippen molar-refractivity contribution in [3.63, 3.8) is 0 Å². The summed E-state index contributed by atoms with van der Waals surface area (Å²) in [4.78, 5) is 27.1. The van der Waals surface area contributed by atoms with Crippen molar-refractivity contribution >= 4 is 11.9 Å². The van der Waals surface area contributed by atoms with Crippen LogP contribution in [-0.2, 0) is 4.79 Å². The predicted octanol–water partition coefficient (Wildman–Crippen LogP) is 1.19. The largest absolute Gasteiger partial charge is 0.341 e. The minimum atomic E-state index is 0.0484. The minimum Gasteiger partial charge on any atom is -0.341 e. The summed E-state index contributed by atoms with van der Waals surface area (Å²) in [6.45, 7) is 4.42. The van der Waals surface area contributed by atoms with Gasteiger partial charge in [0.15, 0.2) is 0 Å². The summed E-state index contributed by atoms with van der Waals surface area (Å²) in [5.41, 5.74) is 0. The first-order valence-electron chi connectivity index (χ1n) is 6.98. The maximum atomic E-state index is 12.1. The van der Waals surface area contributed by atoms with Crippen molar-refractivity contribution in [3.8, 4) is 0 Å². The van der Waals surface area contributed by atoms with Crippen molar-refractivity contribution in [2.24, 2.45) is 0 Å². The number of nitrogens with zero attached hydrogens (tertiary/aromatic N) is 2. The summed E-state index contributed by atoms with van der Waals surface area (Å²) < 4.78 is 0. The fourth-order valence-corrected chi connectivity index (χ4v) is 2.77. The Balaban J connectivity index is 1.81. The second kappa shape index (κ2) is 6.07. The maximum absolute atomic E-state index is 12.1. The molecule has 0 bridgehead atoms. The van der Waals surface area contributed by atoms with Crippen LogP contribution >= 0.6 is 0 Å². The Kier molecular flexibility index (Phi) is 4.44. The summed E-state index contributed by atoms with van der Waals surface area (Å²) in [7, 11) is 0. The monoisotopic (exact) mass is 253 g/mol. The van der Waals surface area contributed by atoms with Gasteiger partial charge in [0.05, 0.1) is 0 Å². The van der Waals surface area contributed by atoms with E-state index in [0.29, 0.717) is 19.1 Å². The summed E-state index contributed by atoms with van der Waals surface area (Å²) in [6, 6.07) is 0.414. The molecular weight excluding hydrogens is 230 g/mol. The lowest BCUT2D eigenvalue weighted by atomic mass is 10.2. The average Bonchev–Trinajstić information content (AvgIpc) is 2.70. The average molecular weight is 253 g/mol. The van der Waals surface area contributed by atoms with E-state index in [4.69, 9.17) is 0 Å². The van der Waals surface area contributed by atoms with Crippen LogP contribution in [0.5, 0.6) is 0 Å². The van der Waals surface area contributed by atoms with Gasteiger partial charge in [0.25, 0.3) is 0 Å². The van der Waals surface area contributed by atoms with E-state index in [1.54, 1.807) is 6.92 Å². The van der Waals surface area contributed by atoms with E-state index >= 15 is 0 Å². The number of hydrogen-bond acceptors (Lipinski definition) is 2. The SMILES string of the molecule is CC(=O)N1CCCN(C(=O)NC2CCCC2)CC1. The lowest BCUT2D eigenvalue weighted by molar-refractivity contribution is -0.128. The quantitative estimate of drug-likeness (QED) is 0.763. The molecule has 1 saturated heterocycles. The predicted molar refractivity (Wildman–Crippen MR) is 69.2 cm³/mol. The number of nitrogens with one attached hydrogen (secondary N) is 1. The van der Waals surface area contributed by atoms with Crippen molar-refractivity contribution in [1.29, 1.82) is 0 Å². The Morgan fingerprint density at radius 1 is 0.944 bits per heavy atom. The molecule has 5 heteroatoms. The summed E-state index contributed by atoms with van der Waals surface area (Å²) in [5.74, 6) is 0.105. The minimum absolute atomic E-state index is 0.0484. The van der Waals surface area contributed by atoms with Gasteiger partial charge in [0.1, 0.15) is 0 Å². The van der Waals surface area contributed by atoms with E-state index in [-0.39, 0.29) is 11.9 Å². The van der Waals surface area contributed by atoms with Gasteiger partial charge < -0.3 is 15.1 Å². The van der Waals surface area contributed by atoms with Crippen LogP contribution in [0, 0.1) is 0 Å². The van der Waals surface area contributed by atoms with E-state index < -0.39 is 0 Å². The molecule has 2 rings (SSSR count). The van der Waals surface area contributed by atoms with Gasteiger partial charge in [-0.15, -0.1) is 0 Å². The normalized spacial score (nSPS) is 21.8. The molecule has 1 aliphatic carbocycles. The molecule has 102 valence electrons. The standard InChI is InChI=1S/C13H23N3O2/c1-11(17)15-7-4-8-16(10-9-15)13(18)14-12-5-2-3-6-12/h12H,2-10H2,1H3,(H,14,18). The van der Waals surface area contributed by atoms with Crippen LogP contribution in [0.2, 0.25) is 0 Å². The van der Waals surface area contributed by atoms with Crippen LogP contribution in [0.4, 0.5) is 4.79 Å². The molecule has 1 heterocycles. The molecule has 0 aromatic carbocycles. The third-order valence-corrected chi connectivity index (χ3v) is 3.91. The molecule has 1 N–H and O–H groups in total. The topological polar surface area (TPSA) is 52.7 Å². The van der Waals surface area contributed by atoms with Gasteiger partial charge in [0.2, 0.25) is 5.91 Å². The molecule has 3 amide bonds. The second-order valence-corrected chi connectivity index (χ2v) is 5.28. The van der Waals surface area contributed by atoms with Gasteiger partial charge in [-0.05, 0) is 19.3 Å². The highest BCUT2D eigenvalue weighted by atomic mass is 16.2. The van der Waals surface area contributed by atoms with E-state index in [2.05, 4.69) is 5.32 Å². The zero-order valence-corrected chi connectivity index (χ0v) is 11.2. The number of amides is 3. The highest BCUT2D eigenvalue weighted by Gasteiger charge is 2.23. The Hall–Kier alpha value is -1.26. The molecule has 2 aliphatic rings. The summed E-state index contributed by atoms with van der Waals surface area (Å²) in [6.07, 6.45) is 5.54. The Morgan fingerprint density at radius 3 is 2.22 bits per heavy atom. The van der Waals surface area contributed by atoms with Crippen LogP contribution in [0.3, 0.4) is 0 Å². The van der Waals surface area contributed by atoms with Crippen LogP contribution in [0.1, 0.15) is 39.0 Å². The van der Waals surface area contributed by atoms with Crippen molar-refractivity contribution in [2.75, 3.05) is 26.2 Å². The smallest absolute Gasteiger partial charge is 0.317 e. The van der Waals surface area contributed by atoms with Crippen molar-refractivity contribution in [2.45, 2.75) is 45.1 Å². The van der Waals surface area contributed by atoms with Crippen molar-refractivity contribution in [3.05, 3.63) is 0 Å². The molecule has 0 radical (unpaired) electrons. The summed E-state index contributed by atoms with van der Waals surface area (Å²) in [5, 5.41) is 3.10. The van der Waals surface area contributed by atoms with Crippen LogP contribution in [0.15, 0.2) is 0 Å². The highest BCUT2D eigenvalue weighted by Crippen LogP contribution is 2.18. The zero-order valence-electron chi connectivity index (χ0n) is 11.2. The van der Waals surface area contributed by atoms with Gasteiger partial charge in [-0.25, -0.2) is 4.79 Å². The number of urea groups is 1. The first kappa shape index (κ1) is 13.2. The number of carbonyl (C=O) groups is 2. The fourth-order valence-electron chi connectivity index (χ4n) is 2.77. The van der Waals surface area contributed by atoms with Gasteiger partial charge in [-0.2, -0.15) is 0 Å². The first-order chi connectivity index (χ1) is 8.66. The molecule has 0 atom stereocenters. The number of hydrogen-bond donors (Lipinski definition) is 1. The third kappa shape index (κ3) is 3.37. The van der Waals surface area contributed by atoms with Gasteiger partial charge in [0, 0.05) is 39.1 Å². The fraction of sp³-hybridized carbons (Fsp3) is 0.846.